The number of amides is 1. The molecule has 1 amide bonds. The SMILES string of the molecule is Nc1ccc(C(O)C(O)CCNC(=O)OCc2ccccc2)c(Cl)c1. The van der Waals surface area contributed by atoms with Crippen LogP contribution in [0.5, 0.6) is 0 Å². The first-order valence-electron chi connectivity index (χ1n) is 7.83. The van der Waals surface area contributed by atoms with E-state index < -0.39 is 18.3 Å². The molecule has 0 spiro atoms. The number of rotatable bonds is 7. The van der Waals surface area contributed by atoms with E-state index in [1.54, 1.807) is 12.1 Å². The van der Waals surface area contributed by atoms with E-state index in [2.05, 4.69) is 5.32 Å². The van der Waals surface area contributed by atoms with Crippen LogP contribution in [-0.2, 0) is 11.3 Å². The van der Waals surface area contributed by atoms with E-state index in [1.807, 2.05) is 30.3 Å². The number of carbonyl (C=O) groups excluding carboxylic acids is 1. The van der Waals surface area contributed by atoms with Crippen molar-refractivity contribution < 1.29 is 19.7 Å². The van der Waals surface area contributed by atoms with Gasteiger partial charge in [0.25, 0.3) is 0 Å². The molecule has 0 aliphatic carbocycles. The van der Waals surface area contributed by atoms with Crippen molar-refractivity contribution in [2.24, 2.45) is 0 Å². The van der Waals surface area contributed by atoms with E-state index in [1.165, 1.54) is 6.07 Å². The van der Waals surface area contributed by atoms with Crippen LogP contribution < -0.4 is 11.1 Å². The quantitative estimate of drug-likeness (QED) is 0.565. The Bertz CT molecular complexity index is 697. The van der Waals surface area contributed by atoms with Gasteiger partial charge in [0.1, 0.15) is 12.7 Å². The molecule has 0 aliphatic heterocycles. The van der Waals surface area contributed by atoms with Crippen LogP contribution in [-0.4, -0.2) is 29.0 Å². The summed E-state index contributed by atoms with van der Waals surface area (Å²) in [6, 6.07) is 14.0. The van der Waals surface area contributed by atoms with Crippen LogP contribution in [0.4, 0.5) is 10.5 Å². The van der Waals surface area contributed by atoms with Gasteiger partial charge in [-0.1, -0.05) is 48.0 Å². The summed E-state index contributed by atoms with van der Waals surface area (Å²) in [5.41, 5.74) is 7.33. The van der Waals surface area contributed by atoms with Gasteiger partial charge in [0, 0.05) is 22.8 Å². The van der Waals surface area contributed by atoms with Gasteiger partial charge >= 0.3 is 6.09 Å². The average molecular weight is 365 g/mol. The number of nitrogen functional groups attached to an aromatic ring is 1. The summed E-state index contributed by atoms with van der Waals surface area (Å²) >= 11 is 6.01. The minimum absolute atomic E-state index is 0.141. The summed E-state index contributed by atoms with van der Waals surface area (Å²) in [6.07, 6.45) is -2.70. The van der Waals surface area contributed by atoms with Gasteiger partial charge in [-0.2, -0.15) is 0 Å². The summed E-state index contributed by atoms with van der Waals surface area (Å²) < 4.78 is 5.06. The van der Waals surface area contributed by atoms with Gasteiger partial charge in [0.15, 0.2) is 0 Å². The minimum Gasteiger partial charge on any atom is -0.445 e. The highest BCUT2D eigenvalue weighted by atomic mass is 35.5. The van der Waals surface area contributed by atoms with Crippen molar-refractivity contribution in [1.82, 2.24) is 5.32 Å². The lowest BCUT2D eigenvalue weighted by Gasteiger charge is -2.19. The molecule has 0 saturated heterocycles. The summed E-state index contributed by atoms with van der Waals surface area (Å²) in [7, 11) is 0. The van der Waals surface area contributed by atoms with E-state index >= 15 is 0 Å². The number of benzene rings is 2. The van der Waals surface area contributed by atoms with Gasteiger partial charge in [-0.25, -0.2) is 4.79 Å². The zero-order chi connectivity index (χ0) is 18.2. The molecule has 5 N–H and O–H groups in total. The summed E-state index contributed by atoms with van der Waals surface area (Å²) in [6.45, 7) is 0.317. The number of alkyl carbamates (subject to hydrolysis) is 1. The Morgan fingerprint density at radius 2 is 1.92 bits per heavy atom. The number of hydrogen-bond acceptors (Lipinski definition) is 5. The zero-order valence-corrected chi connectivity index (χ0v) is 14.3. The number of ether oxygens (including phenoxy) is 1. The fourth-order valence-electron chi connectivity index (χ4n) is 2.24. The van der Waals surface area contributed by atoms with Crippen LogP contribution in [0.25, 0.3) is 0 Å². The largest absolute Gasteiger partial charge is 0.445 e. The first kappa shape index (κ1) is 19.1. The summed E-state index contributed by atoms with van der Waals surface area (Å²) in [5.74, 6) is 0. The Kier molecular flexibility index (Phi) is 7.06. The number of hydrogen-bond donors (Lipinski definition) is 4. The number of nitrogens with two attached hydrogens (primary N) is 1. The number of carbonyl (C=O) groups is 1. The smallest absolute Gasteiger partial charge is 0.407 e. The van der Waals surface area contributed by atoms with Crippen molar-refractivity contribution >= 4 is 23.4 Å². The molecular formula is C18H21ClN2O4. The first-order valence-corrected chi connectivity index (χ1v) is 8.21. The Morgan fingerprint density at radius 1 is 1.20 bits per heavy atom. The maximum Gasteiger partial charge on any atom is 0.407 e. The maximum absolute atomic E-state index is 11.6. The maximum atomic E-state index is 11.6. The van der Waals surface area contributed by atoms with Gasteiger partial charge < -0.3 is 26.0 Å². The van der Waals surface area contributed by atoms with Gasteiger partial charge in [-0.15, -0.1) is 0 Å². The third kappa shape index (κ3) is 5.94. The fourth-order valence-corrected chi connectivity index (χ4v) is 2.55. The van der Waals surface area contributed by atoms with Crippen molar-refractivity contribution in [1.29, 1.82) is 0 Å². The lowest BCUT2D eigenvalue weighted by Crippen LogP contribution is -2.29. The van der Waals surface area contributed by atoms with E-state index in [0.29, 0.717) is 11.3 Å². The van der Waals surface area contributed by atoms with E-state index in [0.717, 1.165) is 5.56 Å². The average Bonchev–Trinajstić information content (AvgIpc) is 2.60. The van der Waals surface area contributed by atoms with Crippen LogP contribution in [0.2, 0.25) is 5.02 Å². The number of halogens is 1. The second-order valence-electron chi connectivity index (χ2n) is 5.57. The lowest BCUT2D eigenvalue weighted by molar-refractivity contribution is 0.0137. The van der Waals surface area contributed by atoms with Crippen LogP contribution in [0.3, 0.4) is 0 Å². The topological polar surface area (TPSA) is 105 Å². The third-order valence-corrected chi connectivity index (χ3v) is 3.96. The molecule has 2 aromatic rings. The molecule has 2 rings (SSSR count). The molecule has 0 radical (unpaired) electrons. The second-order valence-corrected chi connectivity index (χ2v) is 5.98. The van der Waals surface area contributed by atoms with E-state index in [4.69, 9.17) is 22.1 Å². The molecular weight excluding hydrogens is 344 g/mol. The van der Waals surface area contributed by atoms with E-state index in [-0.39, 0.29) is 24.6 Å². The van der Waals surface area contributed by atoms with Gasteiger partial charge in [-0.3, -0.25) is 0 Å². The van der Waals surface area contributed by atoms with Crippen LogP contribution in [0.1, 0.15) is 23.7 Å². The highest BCUT2D eigenvalue weighted by Crippen LogP contribution is 2.28. The van der Waals surface area contributed by atoms with Crippen molar-refractivity contribution in [3.8, 4) is 0 Å². The number of aliphatic hydroxyl groups excluding tert-OH is 2. The molecule has 0 aliphatic rings. The van der Waals surface area contributed by atoms with Crippen LogP contribution >= 0.6 is 11.6 Å². The zero-order valence-electron chi connectivity index (χ0n) is 13.6. The molecule has 25 heavy (non-hydrogen) atoms. The number of anilines is 1. The second kappa shape index (κ2) is 9.27. The van der Waals surface area contributed by atoms with Crippen molar-refractivity contribution in [2.75, 3.05) is 12.3 Å². The fraction of sp³-hybridized carbons (Fsp3) is 0.278. The molecule has 2 atom stereocenters. The van der Waals surface area contributed by atoms with Crippen molar-refractivity contribution in [3.05, 3.63) is 64.7 Å². The molecule has 0 fully saturated rings. The molecule has 2 unspecified atom stereocenters. The first-order chi connectivity index (χ1) is 12.0. The molecule has 0 bridgehead atoms. The predicted molar refractivity (Wildman–Crippen MR) is 96.1 cm³/mol. The van der Waals surface area contributed by atoms with Gasteiger partial charge in [0.2, 0.25) is 0 Å². The minimum atomic E-state index is -1.17. The number of aliphatic hydroxyl groups is 2. The predicted octanol–water partition coefficient (Wildman–Crippen LogP) is 2.63. The molecule has 134 valence electrons. The highest BCUT2D eigenvalue weighted by Gasteiger charge is 2.21. The lowest BCUT2D eigenvalue weighted by atomic mass is 10.0. The molecule has 2 aromatic carbocycles. The van der Waals surface area contributed by atoms with Gasteiger partial charge in [0.05, 0.1) is 6.10 Å². The van der Waals surface area contributed by atoms with Crippen molar-refractivity contribution in [3.63, 3.8) is 0 Å². The Balaban J connectivity index is 1.74. The Labute approximate surface area is 151 Å². The molecule has 0 heterocycles. The molecule has 7 heteroatoms. The van der Waals surface area contributed by atoms with Crippen molar-refractivity contribution in [2.45, 2.75) is 25.2 Å². The highest BCUT2D eigenvalue weighted by molar-refractivity contribution is 6.31. The normalized spacial score (nSPS) is 13.1. The Morgan fingerprint density at radius 3 is 2.60 bits per heavy atom. The summed E-state index contributed by atoms with van der Waals surface area (Å²) in [4.78, 5) is 11.6. The molecule has 0 aromatic heterocycles. The number of nitrogens with one attached hydrogen (secondary N) is 1. The monoisotopic (exact) mass is 364 g/mol. The van der Waals surface area contributed by atoms with Gasteiger partial charge in [-0.05, 0) is 24.1 Å². The standard InChI is InChI=1S/C18H21ClN2O4/c19-15-10-13(20)6-7-14(15)17(23)16(22)8-9-21-18(24)25-11-12-4-2-1-3-5-12/h1-7,10,16-17,22-23H,8-9,11,20H2,(H,21,24). The molecule has 0 saturated carbocycles. The molecule has 6 nitrogen and oxygen atoms in total. The summed E-state index contributed by atoms with van der Waals surface area (Å²) in [5, 5.41) is 23.0. The van der Waals surface area contributed by atoms with Crippen LogP contribution in [0.15, 0.2) is 48.5 Å². The van der Waals surface area contributed by atoms with E-state index in [9.17, 15) is 15.0 Å². The Hall–Kier alpha value is -2.28. The van der Waals surface area contributed by atoms with Crippen LogP contribution in [0, 0.1) is 0 Å². The third-order valence-electron chi connectivity index (χ3n) is 3.63.